The Bertz CT molecular complexity index is 307. The van der Waals surface area contributed by atoms with Gasteiger partial charge in [-0.25, -0.2) is 0 Å². The van der Waals surface area contributed by atoms with Crippen LogP contribution in [0.3, 0.4) is 0 Å². The SMILES string of the molecule is CC(CN)CN1CCN(CC(=O)N2CCCCCC2)CC1. The van der Waals surface area contributed by atoms with Crippen LogP contribution in [0.4, 0.5) is 0 Å². The molecule has 2 aliphatic heterocycles. The van der Waals surface area contributed by atoms with E-state index >= 15 is 0 Å². The zero-order chi connectivity index (χ0) is 15.1. The van der Waals surface area contributed by atoms with Crippen LogP contribution in [0.2, 0.25) is 0 Å². The van der Waals surface area contributed by atoms with Crippen LogP contribution in [0.1, 0.15) is 32.6 Å². The Morgan fingerprint density at radius 1 is 0.952 bits per heavy atom. The van der Waals surface area contributed by atoms with Crippen molar-refractivity contribution in [2.24, 2.45) is 11.7 Å². The van der Waals surface area contributed by atoms with Crippen molar-refractivity contribution in [1.29, 1.82) is 0 Å². The average Bonchev–Trinajstić information content (AvgIpc) is 2.78. The molecule has 122 valence electrons. The number of piperazine rings is 1. The molecule has 5 nitrogen and oxygen atoms in total. The molecule has 2 N–H and O–H groups in total. The molecule has 0 bridgehead atoms. The minimum atomic E-state index is 0.334. The molecule has 0 aromatic carbocycles. The summed E-state index contributed by atoms with van der Waals surface area (Å²) in [4.78, 5) is 19.3. The third-order valence-corrected chi connectivity index (χ3v) is 4.75. The lowest BCUT2D eigenvalue weighted by Crippen LogP contribution is -2.51. The third kappa shape index (κ3) is 5.57. The van der Waals surface area contributed by atoms with E-state index in [1.54, 1.807) is 0 Å². The second-order valence-electron chi connectivity index (χ2n) is 6.71. The highest BCUT2D eigenvalue weighted by molar-refractivity contribution is 5.78. The number of amides is 1. The number of carbonyl (C=O) groups is 1. The summed E-state index contributed by atoms with van der Waals surface area (Å²) in [5, 5.41) is 0. The zero-order valence-electron chi connectivity index (χ0n) is 13.6. The van der Waals surface area contributed by atoms with Gasteiger partial charge in [0.2, 0.25) is 5.91 Å². The summed E-state index contributed by atoms with van der Waals surface area (Å²) in [6.07, 6.45) is 4.91. The molecular weight excluding hydrogens is 264 g/mol. The van der Waals surface area contributed by atoms with Crippen LogP contribution in [-0.2, 0) is 4.79 Å². The topological polar surface area (TPSA) is 52.8 Å². The lowest BCUT2D eigenvalue weighted by atomic mass is 10.1. The number of likely N-dealkylation sites (tertiary alicyclic amines) is 1. The first-order chi connectivity index (χ1) is 10.2. The van der Waals surface area contributed by atoms with Crippen molar-refractivity contribution < 1.29 is 4.79 Å². The quantitative estimate of drug-likeness (QED) is 0.807. The van der Waals surface area contributed by atoms with E-state index in [0.717, 1.165) is 52.4 Å². The van der Waals surface area contributed by atoms with Crippen LogP contribution < -0.4 is 5.73 Å². The number of nitrogens with zero attached hydrogens (tertiary/aromatic N) is 3. The van der Waals surface area contributed by atoms with Crippen molar-refractivity contribution >= 4 is 5.91 Å². The monoisotopic (exact) mass is 296 g/mol. The Morgan fingerprint density at radius 3 is 2.10 bits per heavy atom. The van der Waals surface area contributed by atoms with Gasteiger partial charge in [0.1, 0.15) is 0 Å². The number of nitrogens with two attached hydrogens (primary N) is 1. The normalized spacial score (nSPS) is 23.8. The largest absolute Gasteiger partial charge is 0.342 e. The highest BCUT2D eigenvalue weighted by Crippen LogP contribution is 2.11. The molecule has 1 atom stereocenters. The van der Waals surface area contributed by atoms with Crippen LogP contribution in [0.25, 0.3) is 0 Å². The fraction of sp³-hybridized carbons (Fsp3) is 0.938. The van der Waals surface area contributed by atoms with Gasteiger partial charge in [-0.1, -0.05) is 19.8 Å². The van der Waals surface area contributed by atoms with Crippen molar-refractivity contribution in [2.45, 2.75) is 32.6 Å². The summed E-state index contributed by atoms with van der Waals surface area (Å²) in [5.74, 6) is 0.899. The fourth-order valence-electron chi connectivity index (χ4n) is 3.26. The summed E-state index contributed by atoms with van der Waals surface area (Å²) in [7, 11) is 0. The molecule has 0 spiro atoms. The third-order valence-electron chi connectivity index (χ3n) is 4.75. The lowest BCUT2D eigenvalue weighted by molar-refractivity contribution is -0.132. The smallest absolute Gasteiger partial charge is 0.236 e. The Hall–Kier alpha value is -0.650. The molecule has 5 heteroatoms. The van der Waals surface area contributed by atoms with Crippen LogP contribution >= 0.6 is 0 Å². The molecule has 21 heavy (non-hydrogen) atoms. The summed E-state index contributed by atoms with van der Waals surface area (Å²) in [5.41, 5.74) is 5.69. The predicted octanol–water partition coefficient (Wildman–Crippen LogP) is 0.601. The maximum atomic E-state index is 12.4. The molecule has 0 aromatic heterocycles. The second-order valence-corrected chi connectivity index (χ2v) is 6.71. The van der Waals surface area contributed by atoms with E-state index in [2.05, 4.69) is 21.6 Å². The van der Waals surface area contributed by atoms with E-state index in [-0.39, 0.29) is 0 Å². The molecule has 0 aliphatic carbocycles. The molecular formula is C16H32N4O. The zero-order valence-corrected chi connectivity index (χ0v) is 13.6. The van der Waals surface area contributed by atoms with Crippen LogP contribution in [0.15, 0.2) is 0 Å². The van der Waals surface area contributed by atoms with Gasteiger partial charge >= 0.3 is 0 Å². The molecule has 2 aliphatic rings. The Kier molecular flexibility index (Phi) is 6.93. The number of carbonyl (C=O) groups excluding carboxylic acids is 1. The fourth-order valence-corrected chi connectivity index (χ4v) is 3.26. The molecule has 2 heterocycles. The molecule has 2 fully saturated rings. The van der Waals surface area contributed by atoms with Crippen LogP contribution in [0, 0.1) is 5.92 Å². The number of hydrogen-bond acceptors (Lipinski definition) is 4. The lowest BCUT2D eigenvalue weighted by Gasteiger charge is -2.36. The van der Waals surface area contributed by atoms with Gasteiger partial charge < -0.3 is 15.5 Å². The maximum absolute atomic E-state index is 12.4. The van der Waals surface area contributed by atoms with Crippen LogP contribution in [0.5, 0.6) is 0 Å². The van der Waals surface area contributed by atoms with E-state index in [0.29, 0.717) is 18.4 Å². The van der Waals surface area contributed by atoms with Crippen molar-refractivity contribution in [3.05, 3.63) is 0 Å². The van der Waals surface area contributed by atoms with Crippen molar-refractivity contribution in [2.75, 3.05) is 58.9 Å². The number of hydrogen-bond donors (Lipinski definition) is 1. The van der Waals surface area contributed by atoms with E-state index in [9.17, 15) is 4.79 Å². The Balaban J connectivity index is 1.69. The first-order valence-corrected chi connectivity index (χ1v) is 8.61. The first-order valence-electron chi connectivity index (χ1n) is 8.61. The van der Waals surface area contributed by atoms with Gasteiger partial charge in [0.25, 0.3) is 0 Å². The Morgan fingerprint density at radius 2 is 1.52 bits per heavy atom. The highest BCUT2D eigenvalue weighted by Gasteiger charge is 2.22. The maximum Gasteiger partial charge on any atom is 0.236 e. The summed E-state index contributed by atoms with van der Waals surface area (Å²) < 4.78 is 0. The second kappa shape index (κ2) is 8.71. The van der Waals surface area contributed by atoms with Gasteiger partial charge in [-0.05, 0) is 25.3 Å². The minimum absolute atomic E-state index is 0.334. The van der Waals surface area contributed by atoms with E-state index in [1.807, 2.05) is 0 Å². The van der Waals surface area contributed by atoms with Gasteiger partial charge in [-0.2, -0.15) is 0 Å². The van der Waals surface area contributed by atoms with Gasteiger partial charge in [-0.15, -0.1) is 0 Å². The standard InChI is InChI=1S/C16H32N4O/c1-15(12-17)13-18-8-10-19(11-9-18)14-16(21)20-6-4-2-3-5-7-20/h15H,2-14,17H2,1H3. The molecule has 0 radical (unpaired) electrons. The van der Waals surface area contributed by atoms with Gasteiger partial charge in [0.05, 0.1) is 6.54 Å². The van der Waals surface area contributed by atoms with E-state index < -0.39 is 0 Å². The number of rotatable bonds is 5. The average molecular weight is 296 g/mol. The summed E-state index contributed by atoms with van der Waals surface area (Å²) in [6.45, 7) is 10.7. The highest BCUT2D eigenvalue weighted by atomic mass is 16.2. The summed E-state index contributed by atoms with van der Waals surface area (Å²) >= 11 is 0. The summed E-state index contributed by atoms with van der Waals surface area (Å²) in [6, 6.07) is 0. The van der Waals surface area contributed by atoms with Gasteiger partial charge in [-0.3, -0.25) is 9.69 Å². The van der Waals surface area contributed by atoms with E-state index in [1.165, 1.54) is 25.7 Å². The minimum Gasteiger partial charge on any atom is -0.342 e. The molecule has 0 aromatic rings. The van der Waals surface area contributed by atoms with E-state index in [4.69, 9.17) is 5.73 Å². The molecule has 0 saturated carbocycles. The van der Waals surface area contributed by atoms with Crippen molar-refractivity contribution in [3.63, 3.8) is 0 Å². The predicted molar refractivity (Wildman–Crippen MR) is 86.1 cm³/mol. The molecule has 2 rings (SSSR count). The first kappa shape index (κ1) is 16.7. The molecule has 1 unspecified atom stereocenters. The molecule has 2 saturated heterocycles. The van der Waals surface area contributed by atoms with Crippen molar-refractivity contribution in [3.8, 4) is 0 Å². The van der Waals surface area contributed by atoms with Crippen LogP contribution in [-0.4, -0.2) is 79.5 Å². The van der Waals surface area contributed by atoms with Crippen molar-refractivity contribution in [1.82, 2.24) is 14.7 Å². The Labute approximate surface area is 129 Å². The van der Waals surface area contributed by atoms with Gasteiger partial charge in [0.15, 0.2) is 0 Å². The molecule has 1 amide bonds. The van der Waals surface area contributed by atoms with Gasteiger partial charge in [0, 0.05) is 45.8 Å².